The molecule has 4 heterocycles. The predicted molar refractivity (Wildman–Crippen MR) is 175 cm³/mol. The number of imidazole rings is 1. The van der Waals surface area contributed by atoms with Gasteiger partial charge in [0.25, 0.3) is 0 Å². The van der Waals surface area contributed by atoms with Gasteiger partial charge < -0.3 is 4.57 Å². The maximum atomic E-state index is 5.19. The maximum Gasteiger partial charge on any atom is 0.146 e. The summed E-state index contributed by atoms with van der Waals surface area (Å²) in [6.45, 7) is 0. The molecule has 4 heteroatoms. The number of pyridine rings is 1. The molecule has 0 saturated heterocycles. The zero-order valence-corrected chi connectivity index (χ0v) is 22.7. The molecular formula is C37H21N3S. The number of hydrogen-bond donors (Lipinski definition) is 0. The number of thiophene rings is 1. The summed E-state index contributed by atoms with van der Waals surface area (Å²) in [6, 6.07) is 46.2. The van der Waals surface area contributed by atoms with E-state index in [0.717, 1.165) is 16.7 Å². The highest BCUT2D eigenvalue weighted by Crippen LogP contribution is 2.45. The van der Waals surface area contributed by atoms with Gasteiger partial charge in [-0.25, -0.2) is 4.98 Å². The Labute approximate surface area is 238 Å². The normalized spacial score (nSPS) is 12.4. The van der Waals surface area contributed by atoms with E-state index in [-0.39, 0.29) is 0 Å². The number of aromatic nitrogens is 3. The number of fused-ring (bicyclic) bond motifs is 15. The van der Waals surface area contributed by atoms with Gasteiger partial charge in [-0.2, -0.15) is 0 Å². The SMILES string of the molecule is c1ccc(-n2c3cc4c(cc3c3ccc5c6ccccc6sc5c32)c2ccccc2n2c3ccccc3nc42)cc1. The summed E-state index contributed by atoms with van der Waals surface area (Å²) in [6.07, 6.45) is 0. The Morgan fingerprint density at radius 1 is 0.488 bits per heavy atom. The summed E-state index contributed by atoms with van der Waals surface area (Å²) in [5.41, 5.74) is 7.97. The molecule has 0 aliphatic carbocycles. The van der Waals surface area contributed by atoms with Gasteiger partial charge in [-0.05, 0) is 53.9 Å². The van der Waals surface area contributed by atoms with Crippen LogP contribution in [0, 0.1) is 0 Å². The van der Waals surface area contributed by atoms with Gasteiger partial charge in [-0.15, -0.1) is 11.3 Å². The molecule has 10 aromatic rings. The molecule has 0 saturated carbocycles. The third-order valence-electron chi connectivity index (χ3n) is 8.66. The van der Waals surface area contributed by atoms with E-state index in [1.807, 2.05) is 11.3 Å². The van der Waals surface area contributed by atoms with Crippen molar-refractivity contribution < 1.29 is 0 Å². The van der Waals surface area contributed by atoms with E-state index in [2.05, 4.69) is 136 Å². The van der Waals surface area contributed by atoms with Crippen LogP contribution in [0.25, 0.3) is 86.0 Å². The molecular weight excluding hydrogens is 518 g/mol. The Morgan fingerprint density at radius 2 is 1.22 bits per heavy atom. The van der Waals surface area contributed by atoms with Crippen LogP contribution in [0.1, 0.15) is 0 Å². The highest BCUT2D eigenvalue weighted by molar-refractivity contribution is 7.26. The molecule has 0 bridgehead atoms. The van der Waals surface area contributed by atoms with Crippen molar-refractivity contribution in [1.82, 2.24) is 14.0 Å². The van der Waals surface area contributed by atoms with Gasteiger partial charge in [-0.3, -0.25) is 4.40 Å². The van der Waals surface area contributed by atoms with Crippen molar-refractivity contribution in [3.05, 3.63) is 127 Å². The van der Waals surface area contributed by atoms with Crippen molar-refractivity contribution in [3.8, 4) is 5.69 Å². The van der Waals surface area contributed by atoms with Crippen molar-refractivity contribution in [3.63, 3.8) is 0 Å². The number of para-hydroxylation sites is 4. The quantitative estimate of drug-likeness (QED) is 0.190. The van der Waals surface area contributed by atoms with Crippen LogP contribution in [0.4, 0.5) is 0 Å². The smallest absolute Gasteiger partial charge is 0.146 e. The van der Waals surface area contributed by atoms with Crippen LogP contribution in [-0.2, 0) is 0 Å². The first kappa shape index (κ1) is 21.6. The predicted octanol–water partition coefficient (Wildman–Crippen LogP) is 10.3. The fourth-order valence-corrected chi connectivity index (χ4v) is 8.16. The van der Waals surface area contributed by atoms with Gasteiger partial charge in [0.15, 0.2) is 0 Å². The number of hydrogen-bond acceptors (Lipinski definition) is 2. The van der Waals surface area contributed by atoms with Crippen LogP contribution in [0.5, 0.6) is 0 Å². The van der Waals surface area contributed by atoms with Gasteiger partial charge in [-0.1, -0.05) is 78.9 Å². The zero-order valence-electron chi connectivity index (χ0n) is 21.9. The van der Waals surface area contributed by atoms with Crippen LogP contribution in [-0.4, -0.2) is 14.0 Å². The fraction of sp³-hybridized carbons (Fsp3) is 0. The van der Waals surface area contributed by atoms with E-state index in [0.29, 0.717) is 0 Å². The first-order chi connectivity index (χ1) is 20.3. The van der Waals surface area contributed by atoms with E-state index in [1.54, 1.807) is 0 Å². The van der Waals surface area contributed by atoms with E-state index in [4.69, 9.17) is 4.98 Å². The van der Waals surface area contributed by atoms with Gasteiger partial charge in [0.1, 0.15) is 5.65 Å². The topological polar surface area (TPSA) is 22.2 Å². The molecule has 0 fully saturated rings. The van der Waals surface area contributed by atoms with E-state index in [9.17, 15) is 0 Å². The Morgan fingerprint density at radius 3 is 2.12 bits per heavy atom. The summed E-state index contributed by atoms with van der Waals surface area (Å²) in [7, 11) is 0. The summed E-state index contributed by atoms with van der Waals surface area (Å²) in [5, 5.41) is 8.82. The van der Waals surface area contributed by atoms with Crippen molar-refractivity contribution in [1.29, 1.82) is 0 Å². The lowest BCUT2D eigenvalue weighted by Crippen LogP contribution is -1.95. The lowest BCUT2D eigenvalue weighted by molar-refractivity contribution is 1.19. The molecule has 0 amide bonds. The zero-order chi connectivity index (χ0) is 26.7. The molecule has 4 aromatic heterocycles. The molecule has 3 nitrogen and oxygen atoms in total. The Kier molecular flexibility index (Phi) is 4.07. The Bertz CT molecular complexity index is 2690. The monoisotopic (exact) mass is 539 g/mol. The van der Waals surface area contributed by atoms with Crippen LogP contribution in [0.3, 0.4) is 0 Å². The molecule has 10 rings (SSSR count). The first-order valence-electron chi connectivity index (χ1n) is 13.9. The van der Waals surface area contributed by atoms with Crippen molar-refractivity contribution in [2.24, 2.45) is 0 Å². The van der Waals surface area contributed by atoms with Crippen LogP contribution in [0.15, 0.2) is 127 Å². The minimum atomic E-state index is 0.999. The molecule has 0 radical (unpaired) electrons. The second-order valence-corrected chi connectivity index (χ2v) is 11.9. The molecule has 0 N–H and O–H groups in total. The molecule has 190 valence electrons. The number of rotatable bonds is 1. The second-order valence-electron chi connectivity index (χ2n) is 10.8. The molecule has 0 spiro atoms. The largest absolute Gasteiger partial charge is 0.308 e. The standard InChI is InChI=1S/C37H21N3S/c1-2-10-22(11-3-1)39-33-21-29-27(23-12-4-7-15-31(23)40-32-16-8-6-14-30(32)38-37(29)40)20-28(33)25-18-19-26-24-13-5-9-17-34(24)41-36(26)35(25)39/h1-21H. The van der Waals surface area contributed by atoms with Gasteiger partial charge in [0.2, 0.25) is 0 Å². The Balaban J connectivity index is 1.49. The highest BCUT2D eigenvalue weighted by atomic mass is 32.1. The Hall–Kier alpha value is -5.19. The van der Waals surface area contributed by atoms with Gasteiger partial charge in [0, 0.05) is 42.7 Å². The summed E-state index contributed by atoms with van der Waals surface area (Å²) in [4.78, 5) is 5.19. The van der Waals surface area contributed by atoms with Crippen LogP contribution < -0.4 is 0 Å². The van der Waals surface area contributed by atoms with Crippen molar-refractivity contribution in [2.75, 3.05) is 0 Å². The molecule has 41 heavy (non-hydrogen) atoms. The average Bonchev–Trinajstić information content (AvgIpc) is 3.70. The average molecular weight is 540 g/mol. The lowest BCUT2D eigenvalue weighted by Gasteiger charge is -2.11. The minimum Gasteiger partial charge on any atom is -0.308 e. The summed E-state index contributed by atoms with van der Waals surface area (Å²) < 4.78 is 7.45. The third-order valence-corrected chi connectivity index (χ3v) is 9.86. The van der Waals surface area contributed by atoms with Gasteiger partial charge in [0.05, 0.1) is 32.3 Å². The second kappa shape index (κ2) is 7.72. The minimum absolute atomic E-state index is 0.999. The molecule has 0 aliphatic rings. The molecule has 0 aliphatic heterocycles. The van der Waals surface area contributed by atoms with Crippen molar-refractivity contribution in [2.45, 2.75) is 0 Å². The third kappa shape index (κ3) is 2.75. The molecule has 0 unspecified atom stereocenters. The summed E-state index contributed by atoms with van der Waals surface area (Å²) in [5.74, 6) is 0. The maximum absolute atomic E-state index is 5.19. The van der Waals surface area contributed by atoms with E-state index < -0.39 is 0 Å². The summed E-state index contributed by atoms with van der Waals surface area (Å²) >= 11 is 1.89. The highest BCUT2D eigenvalue weighted by Gasteiger charge is 2.21. The van der Waals surface area contributed by atoms with Gasteiger partial charge >= 0.3 is 0 Å². The van der Waals surface area contributed by atoms with E-state index in [1.165, 1.54) is 69.3 Å². The van der Waals surface area contributed by atoms with Crippen LogP contribution in [0.2, 0.25) is 0 Å². The lowest BCUT2D eigenvalue weighted by atomic mass is 10.0. The first-order valence-corrected chi connectivity index (χ1v) is 14.7. The van der Waals surface area contributed by atoms with E-state index >= 15 is 0 Å². The molecule has 6 aromatic carbocycles. The van der Waals surface area contributed by atoms with Crippen LogP contribution >= 0.6 is 11.3 Å². The number of benzene rings is 6. The van der Waals surface area contributed by atoms with Crippen molar-refractivity contribution >= 4 is 91.7 Å². The number of nitrogens with zero attached hydrogens (tertiary/aromatic N) is 3. The fourth-order valence-electron chi connectivity index (χ4n) is 6.92. The molecule has 0 atom stereocenters.